The predicted octanol–water partition coefficient (Wildman–Crippen LogP) is 6.07. The minimum absolute atomic E-state index is 0.346. The molecule has 2 aliphatic rings. The van der Waals surface area contributed by atoms with Crippen molar-refractivity contribution in [2.45, 2.75) is 64.0 Å². The standard InChI is InChI=1S/C21H26F3N3/c1-13(8-16-10-14-6-7-15(16)9-14)4-2-3-5-19-26-18-11-17(21(22,23)24)12-25-20(18)27-19/h11-12,14-16H,1-10H2,(H,25,26,27). The fourth-order valence-corrected chi connectivity index (χ4v) is 4.99. The number of nitrogens with zero attached hydrogens (tertiary/aromatic N) is 2. The molecule has 0 aliphatic heterocycles. The van der Waals surface area contributed by atoms with Gasteiger partial charge in [-0.3, -0.25) is 0 Å². The van der Waals surface area contributed by atoms with Crippen LogP contribution in [-0.4, -0.2) is 15.0 Å². The molecule has 6 heteroatoms. The molecule has 0 aromatic carbocycles. The van der Waals surface area contributed by atoms with Crippen molar-refractivity contribution in [1.82, 2.24) is 15.0 Å². The van der Waals surface area contributed by atoms with Crippen molar-refractivity contribution in [2.24, 2.45) is 17.8 Å². The number of allylic oxidation sites excluding steroid dienone is 1. The Morgan fingerprint density at radius 2 is 2.07 bits per heavy atom. The number of rotatable bonds is 7. The molecule has 2 fully saturated rings. The highest BCUT2D eigenvalue weighted by Gasteiger charge is 2.39. The highest BCUT2D eigenvalue weighted by atomic mass is 19.4. The van der Waals surface area contributed by atoms with Crippen molar-refractivity contribution in [3.05, 3.63) is 35.8 Å². The smallest absolute Gasteiger partial charge is 0.341 e. The molecular formula is C21H26F3N3. The number of aryl methyl sites for hydroxylation is 1. The molecule has 4 rings (SSSR count). The Bertz CT molecular complexity index is 824. The van der Waals surface area contributed by atoms with E-state index in [9.17, 15) is 13.2 Å². The molecule has 2 saturated carbocycles. The lowest BCUT2D eigenvalue weighted by Gasteiger charge is -2.22. The van der Waals surface area contributed by atoms with Gasteiger partial charge in [0, 0.05) is 12.6 Å². The van der Waals surface area contributed by atoms with Gasteiger partial charge in [-0.1, -0.05) is 18.6 Å². The number of H-pyrrole nitrogens is 1. The van der Waals surface area contributed by atoms with E-state index in [0.717, 1.165) is 55.7 Å². The van der Waals surface area contributed by atoms with E-state index in [1.165, 1.54) is 37.7 Å². The summed E-state index contributed by atoms with van der Waals surface area (Å²) in [5, 5.41) is 0. The molecule has 2 aromatic rings. The van der Waals surface area contributed by atoms with Gasteiger partial charge in [0.05, 0.1) is 11.1 Å². The second-order valence-electron chi connectivity index (χ2n) is 8.37. The summed E-state index contributed by atoms with van der Waals surface area (Å²) in [5.74, 6) is 3.49. The number of nitrogens with one attached hydrogen (secondary N) is 1. The number of unbranched alkanes of at least 4 members (excludes halogenated alkanes) is 1. The Balaban J connectivity index is 1.23. The zero-order valence-electron chi connectivity index (χ0n) is 15.5. The second kappa shape index (κ2) is 7.28. The van der Waals surface area contributed by atoms with Crippen molar-refractivity contribution < 1.29 is 13.2 Å². The Kier molecular flexibility index (Phi) is 4.99. The first kappa shape index (κ1) is 18.5. The molecule has 2 heterocycles. The largest absolute Gasteiger partial charge is 0.417 e. The highest BCUT2D eigenvalue weighted by Crippen LogP contribution is 2.50. The highest BCUT2D eigenvalue weighted by molar-refractivity contribution is 5.71. The minimum atomic E-state index is -4.38. The number of hydrogen-bond donors (Lipinski definition) is 1. The van der Waals surface area contributed by atoms with Gasteiger partial charge in [-0.05, 0) is 68.8 Å². The van der Waals surface area contributed by atoms with Gasteiger partial charge in [0.25, 0.3) is 0 Å². The number of imidazole rings is 1. The third-order valence-electron chi connectivity index (χ3n) is 6.34. The van der Waals surface area contributed by atoms with Crippen LogP contribution in [0.3, 0.4) is 0 Å². The van der Waals surface area contributed by atoms with Gasteiger partial charge in [-0.15, -0.1) is 0 Å². The van der Waals surface area contributed by atoms with Crippen LogP contribution < -0.4 is 0 Å². The van der Waals surface area contributed by atoms with Crippen LogP contribution in [0.4, 0.5) is 13.2 Å². The van der Waals surface area contributed by atoms with Gasteiger partial charge >= 0.3 is 6.18 Å². The summed E-state index contributed by atoms with van der Waals surface area (Å²) >= 11 is 0. The van der Waals surface area contributed by atoms with Crippen LogP contribution in [0.25, 0.3) is 11.2 Å². The van der Waals surface area contributed by atoms with E-state index in [1.54, 1.807) is 0 Å². The number of alkyl halides is 3. The van der Waals surface area contributed by atoms with E-state index in [2.05, 4.69) is 21.5 Å². The molecule has 1 N–H and O–H groups in total. The Labute approximate surface area is 157 Å². The summed E-state index contributed by atoms with van der Waals surface area (Å²) in [6, 6.07) is 1.08. The van der Waals surface area contributed by atoms with E-state index in [-0.39, 0.29) is 0 Å². The maximum absolute atomic E-state index is 12.8. The van der Waals surface area contributed by atoms with Gasteiger partial charge in [-0.2, -0.15) is 13.2 Å². The molecule has 3 nitrogen and oxygen atoms in total. The number of aromatic amines is 1. The number of fused-ring (bicyclic) bond motifs is 3. The third kappa shape index (κ3) is 4.19. The monoisotopic (exact) mass is 377 g/mol. The summed E-state index contributed by atoms with van der Waals surface area (Å²) < 4.78 is 38.3. The van der Waals surface area contributed by atoms with Crippen molar-refractivity contribution in [1.29, 1.82) is 0 Å². The van der Waals surface area contributed by atoms with Crippen LogP contribution in [0.2, 0.25) is 0 Å². The molecule has 0 saturated heterocycles. The summed E-state index contributed by atoms with van der Waals surface area (Å²) in [7, 11) is 0. The molecule has 146 valence electrons. The average Bonchev–Trinajstić information content (AvgIpc) is 3.31. The zero-order chi connectivity index (χ0) is 19.0. The summed E-state index contributed by atoms with van der Waals surface area (Å²) in [5.41, 5.74) is 1.30. The molecule has 27 heavy (non-hydrogen) atoms. The second-order valence-corrected chi connectivity index (χ2v) is 8.37. The first-order chi connectivity index (χ1) is 12.9. The molecule has 3 unspecified atom stereocenters. The molecule has 3 atom stereocenters. The minimum Gasteiger partial charge on any atom is -0.341 e. The quantitative estimate of drug-likeness (QED) is 0.470. The van der Waals surface area contributed by atoms with Gasteiger partial charge in [-0.25, -0.2) is 9.97 Å². The molecule has 2 aromatic heterocycles. The van der Waals surface area contributed by atoms with E-state index in [0.29, 0.717) is 17.0 Å². The first-order valence-corrected chi connectivity index (χ1v) is 9.97. The number of hydrogen-bond acceptors (Lipinski definition) is 2. The maximum Gasteiger partial charge on any atom is 0.417 e. The van der Waals surface area contributed by atoms with E-state index in [1.807, 2.05) is 0 Å². The van der Waals surface area contributed by atoms with Gasteiger partial charge in [0.1, 0.15) is 5.82 Å². The molecule has 0 amide bonds. The van der Waals surface area contributed by atoms with Crippen LogP contribution in [0, 0.1) is 17.8 Å². The van der Waals surface area contributed by atoms with E-state index in [4.69, 9.17) is 0 Å². The van der Waals surface area contributed by atoms with Crippen LogP contribution in [0.5, 0.6) is 0 Å². The lowest BCUT2D eigenvalue weighted by molar-refractivity contribution is -0.137. The summed E-state index contributed by atoms with van der Waals surface area (Å²) in [4.78, 5) is 11.1. The molecule has 0 radical (unpaired) electrons. The molecule has 0 spiro atoms. The van der Waals surface area contributed by atoms with Crippen LogP contribution in [0.15, 0.2) is 24.4 Å². The summed E-state index contributed by atoms with van der Waals surface area (Å²) in [6.07, 6.45) is 7.06. The van der Waals surface area contributed by atoms with Gasteiger partial charge in [0.2, 0.25) is 0 Å². The van der Waals surface area contributed by atoms with Gasteiger partial charge < -0.3 is 4.98 Å². The SMILES string of the molecule is C=C(CCCCc1nc2ncc(C(F)(F)F)cc2[nH]1)CC1CC2CCC1C2. The van der Waals surface area contributed by atoms with Crippen molar-refractivity contribution in [3.63, 3.8) is 0 Å². The topological polar surface area (TPSA) is 41.6 Å². The fourth-order valence-electron chi connectivity index (χ4n) is 4.99. The van der Waals surface area contributed by atoms with Crippen LogP contribution >= 0.6 is 0 Å². The number of aromatic nitrogens is 3. The fraction of sp³-hybridized carbons (Fsp3) is 0.619. The van der Waals surface area contributed by atoms with E-state index >= 15 is 0 Å². The van der Waals surface area contributed by atoms with Crippen molar-refractivity contribution in [2.75, 3.05) is 0 Å². The Morgan fingerprint density at radius 1 is 1.22 bits per heavy atom. The lowest BCUT2D eigenvalue weighted by atomic mass is 9.83. The number of pyridine rings is 1. The predicted molar refractivity (Wildman–Crippen MR) is 99.1 cm³/mol. The normalized spacial score (nSPS) is 24.8. The van der Waals surface area contributed by atoms with Crippen LogP contribution in [0.1, 0.15) is 62.8 Å². The Hall–Kier alpha value is -1.85. The van der Waals surface area contributed by atoms with Crippen molar-refractivity contribution in [3.8, 4) is 0 Å². The molecule has 2 aliphatic carbocycles. The third-order valence-corrected chi connectivity index (χ3v) is 6.34. The number of halogens is 3. The van der Waals surface area contributed by atoms with E-state index < -0.39 is 11.7 Å². The molecule has 2 bridgehead atoms. The molecular weight excluding hydrogens is 351 g/mol. The van der Waals surface area contributed by atoms with Crippen LogP contribution in [-0.2, 0) is 12.6 Å². The van der Waals surface area contributed by atoms with Gasteiger partial charge in [0.15, 0.2) is 5.65 Å². The maximum atomic E-state index is 12.8. The summed E-state index contributed by atoms with van der Waals surface area (Å²) in [6.45, 7) is 4.27. The lowest BCUT2D eigenvalue weighted by Crippen LogP contribution is -2.10. The zero-order valence-corrected chi connectivity index (χ0v) is 15.5. The first-order valence-electron chi connectivity index (χ1n) is 9.97. The Morgan fingerprint density at radius 3 is 2.78 bits per heavy atom. The van der Waals surface area contributed by atoms with Crippen molar-refractivity contribution >= 4 is 11.2 Å². The average molecular weight is 377 g/mol.